The van der Waals surface area contributed by atoms with Gasteiger partial charge in [0.2, 0.25) is 18.6 Å². The largest absolute Gasteiger partial charge is 0.454 e. The van der Waals surface area contributed by atoms with E-state index >= 15 is 0 Å². The van der Waals surface area contributed by atoms with Crippen molar-refractivity contribution in [3.05, 3.63) is 94.4 Å². The van der Waals surface area contributed by atoms with Gasteiger partial charge in [-0.2, -0.15) is 5.10 Å². The molecule has 11 heteroatoms. The Labute approximate surface area is 253 Å². The molecule has 4 aromatic rings. The number of hydrogen-bond acceptors (Lipinski definition) is 7. The summed E-state index contributed by atoms with van der Waals surface area (Å²) in [5, 5.41) is 8.25. The quantitative estimate of drug-likeness (QED) is 0.314. The molecule has 0 radical (unpaired) electrons. The Morgan fingerprint density at radius 2 is 1.86 bits per heavy atom. The van der Waals surface area contributed by atoms with Crippen molar-refractivity contribution in [3.63, 3.8) is 0 Å². The van der Waals surface area contributed by atoms with Gasteiger partial charge < -0.3 is 14.8 Å². The lowest BCUT2D eigenvalue weighted by atomic mass is 9.87. The highest BCUT2D eigenvalue weighted by Crippen LogP contribution is 2.50. The predicted octanol–water partition coefficient (Wildman–Crippen LogP) is 5.43. The number of carbonyl (C=O) groups is 2. The molecule has 6 rings (SSSR count). The van der Waals surface area contributed by atoms with Crippen molar-refractivity contribution in [2.45, 2.75) is 38.0 Å². The maximum atomic E-state index is 13.9. The van der Waals surface area contributed by atoms with Crippen LogP contribution in [0.15, 0.2) is 67.0 Å². The number of nitrogens with zero attached hydrogens (tertiary/aromatic N) is 4. The Balaban J connectivity index is 1.49. The van der Waals surface area contributed by atoms with Gasteiger partial charge in [0.1, 0.15) is 12.4 Å². The minimum atomic E-state index is -0.394. The summed E-state index contributed by atoms with van der Waals surface area (Å²) >= 11 is 8.21. The number of para-hydroxylation sites is 1. The average Bonchev–Trinajstić information content (AvgIpc) is 3.58. The van der Waals surface area contributed by atoms with E-state index in [-0.39, 0.29) is 36.2 Å². The van der Waals surface area contributed by atoms with Crippen LogP contribution in [0.1, 0.15) is 48.4 Å². The van der Waals surface area contributed by atoms with Crippen molar-refractivity contribution in [2.75, 3.05) is 24.0 Å². The van der Waals surface area contributed by atoms with Gasteiger partial charge in [0, 0.05) is 29.9 Å². The second-order valence-electron chi connectivity index (χ2n) is 11.1. The van der Waals surface area contributed by atoms with Crippen LogP contribution in [0, 0.1) is 0 Å². The topological polar surface area (TPSA) is 98.6 Å². The summed E-state index contributed by atoms with van der Waals surface area (Å²) in [4.78, 5) is 32.8. The molecule has 2 aliphatic rings. The first kappa shape index (κ1) is 28.1. The molecule has 216 valence electrons. The van der Waals surface area contributed by atoms with E-state index in [9.17, 15) is 9.59 Å². The van der Waals surface area contributed by atoms with Gasteiger partial charge in [-0.3, -0.25) is 19.5 Å². The molecule has 0 spiro atoms. The number of hydrogen-bond donors (Lipinski definition) is 1. The van der Waals surface area contributed by atoms with Gasteiger partial charge in [-0.05, 0) is 47.5 Å². The molecule has 9 nitrogen and oxygen atoms in total. The van der Waals surface area contributed by atoms with Crippen LogP contribution < -0.4 is 19.7 Å². The van der Waals surface area contributed by atoms with Crippen molar-refractivity contribution in [1.29, 1.82) is 0 Å². The van der Waals surface area contributed by atoms with Crippen LogP contribution in [0.25, 0.3) is 5.69 Å². The minimum Gasteiger partial charge on any atom is -0.454 e. The molecule has 2 amide bonds. The summed E-state index contributed by atoms with van der Waals surface area (Å²) in [5.74, 6) is 1.55. The van der Waals surface area contributed by atoms with Crippen molar-refractivity contribution >= 4 is 41.0 Å². The number of anilines is 1. The number of aromatic nitrogens is 3. The number of rotatable bonds is 6. The average molecular weight is 604 g/mol. The second kappa shape index (κ2) is 11.3. The molecule has 2 aliphatic heterocycles. The first-order valence-corrected chi connectivity index (χ1v) is 15.0. The monoisotopic (exact) mass is 603 g/mol. The molecule has 42 heavy (non-hydrogen) atoms. The zero-order chi connectivity index (χ0) is 29.4. The first-order chi connectivity index (χ1) is 20.2. The molecule has 2 aromatic carbocycles. The predicted molar refractivity (Wildman–Crippen MR) is 163 cm³/mol. The third-order valence-corrected chi connectivity index (χ3v) is 8.69. The summed E-state index contributed by atoms with van der Waals surface area (Å²) in [6, 6.07) is 16.9. The molecular formula is C31H30ClN5O4S. The molecule has 0 saturated carbocycles. The number of fused-ring (bicyclic) bond motifs is 2. The van der Waals surface area contributed by atoms with E-state index in [1.165, 1.54) is 11.8 Å². The van der Waals surface area contributed by atoms with Crippen LogP contribution in [-0.4, -0.2) is 45.7 Å². The Bertz CT molecular complexity index is 1650. The lowest BCUT2D eigenvalue weighted by Crippen LogP contribution is -2.42. The van der Waals surface area contributed by atoms with E-state index in [1.54, 1.807) is 28.0 Å². The zero-order valence-corrected chi connectivity index (χ0v) is 25.0. The SMILES string of the molecule is CC(C)(C)c1nn(-c2ccccc2Cl)c2c1C(c1ccc3c(c1)OCO3)SCC(=O)N2CC(=O)NCc1ccncc1. The van der Waals surface area contributed by atoms with Crippen molar-refractivity contribution in [2.24, 2.45) is 0 Å². The lowest BCUT2D eigenvalue weighted by molar-refractivity contribution is -0.123. The second-order valence-corrected chi connectivity index (χ2v) is 12.6. The fourth-order valence-corrected chi connectivity index (χ4v) is 6.51. The van der Waals surface area contributed by atoms with Crippen LogP contribution in [0.5, 0.6) is 11.5 Å². The summed E-state index contributed by atoms with van der Waals surface area (Å²) in [6.07, 6.45) is 3.35. The van der Waals surface area contributed by atoms with Crippen LogP contribution in [0.2, 0.25) is 5.02 Å². The van der Waals surface area contributed by atoms with Crippen LogP contribution in [0.3, 0.4) is 0 Å². The van der Waals surface area contributed by atoms with Crippen LogP contribution >= 0.6 is 23.4 Å². The highest BCUT2D eigenvalue weighted by molar-refractivity contribution is 8.00. The van der Waals surface area contributed by atoms with Gasteiger partial charge >= 0.3 is 0 Å². The molecule has 1 N–H and O–H groups in total. The highest BCUT2D eigenvalue weighted by Gasteiger charge is 2.40. The van der Waals surface area contributed by atoms with Crippen molar-refractivity contribution in [3.8, 4) is 17.2 Å². The number of benzene rings is 2. The van der Waals surface area contributed by atoms with E-state index in [0.717, 1.165) is 22.4 Å². The van der Waals surface area contributed by atoms with E-state index in [1.807, 2.05) is 48.5 Å². The summed E-state index contributed by atoms with van der Waals surface area (Å²) < 4.78 is 13.0. The molecule has 2 aromatic heterocycles. The summed E-state index contributed by atoms with van der Waals surface area (Å²) in [6.45, 7) is 6.58. The van der Waals surface area contributed by atoms with Crippen LogP contribution in [0.4, 0.5) is 5.82 Å². The van der Waals surface area contributed by atoms with Gasteiger partial charge in [-0.1, -0.05) is 50.6 Å². The number of pyridine rings is 1. The highest BCUT2D eigenvalue weighted by atomic mass is 35.5. The van der Waals surface area contributed by atoms with Crippen LogP contribution in [-0.2, 0) is 21.5 Å². The van der Waals surface area contributed by atoms with Gasteiger partial charge in [-0.25, -0.2) is 4.68 Å². The summed E-state index contributed by atoms with van der Waals surface area (Å²) in [5.41, 5.74) is 3.76. The molecule has 0 fully saturated rings. The molecule has 0 bridgehead atoms. The van der Waals surface area contributed by atoms with Gasteiger partial charge in [0.15, 0.2) is 11.5 Å². The molecule has 0 aliphatic carbocycles. The fourth-order valence-electron chi connectivity index (χ4n) is 5.10. The number of halogens is 1. The maximum absolute atomic E-state index is 13.9. The van der Waals surface area contributed by atoms with Crippen molar-refractivity contribution in [1.82, 2.24) is 20.1 Å². The van der Waals surface area contributed by atoms with Gasteiger partial charge in [0.25, 0.3) is 0 Å². The van der Waals surface area contributed by atoms with E-state index in [2.05, 4.69) is 31.1 Å². The third kappa shape index (κ3) is 5.44. The molecule has 1 atom stereocenters. The Morgan fingerprint density at radius 3 is 2.62 bits per heavy atom. The normalized spacial score (nSPS) is 16.2. The number of thioether (sulfide) groups is 1. The standard InChI is InChI=1S/C31H30ClN5O4S/c1-31(2,3)29-27-28(20-8-9-23-24(14-20)41-18-40-23)42-17-26(39)36(16-25(38)34-15-19-10-12-33-13-11-19)30(27)37(35-29)22-7-5-4-6-21(22)32/h4-14,28H,15-18H2,1-3H3,(H,34,38). The lowest BCUT2D eigenvalue weighted by Gasteiger charge is -2.24. The van der Waals surface area contributed by atoms with E-state index < -0.39 is 5.41 Å². The fraction of sp³-hybridized carbons (Fsp3) is 0.290. The Hall–Kier alpha value is -4.02. The molecule has 0 saturated heterocycles. The Morgan fingerprint density at radius 1 is 1.10 bits per heavy atom. The zero-order valence-electron chi connectivity index (χ0n) is 23.5. The maximum Gasteiger partial charge on any atom is 0.240 e. The number of carbonyl (C=O) groups excluding carboxylic acids is 2. The molecule has 4 heterocycles. The number of ether oxygens (including phenoxy) is 2. The molecular weight excluding hydrogens is 574 g/mol. The Kier molecular flexibility index (Phi) is 7.59. The molecule has 1 unspecified atom stereocenters. The van der Waals surface area contributed by atoms with E-state index in [0.29, 0.717) is 34.6 Å². The smallest absolute Gasteiger partial charge is 0.240 e. The van der Waals surface area contributed by atoms with Gasteiger partial charge in [-0.15, -0.1) is 11.8 Å². The third-order valence-electron chi connectivity index (χ3n) is 7.12. The van der Waals surface area contributed by atoms with E-state index in [4.69, 9.17) is 26.2 Å². The van der Waals surface area contributed by atoms with Gasteiger partial charge in [0.05, 0.1) is 27.4 Å². The summed E-state index contributed by atoms with van der Waals surface area (Å²) in [7, 11) is 0. The first-order valence-electron chi connectivity index (χ1n) is 13.6. The van der Waals surface area contributed by atoms with Crippen molar-refractivity contribution < 1.29 is 19.1 Å². The minimum absolute atomic E-state index is 0.164. The number of amides is 2. The number of nitrogens with one attached hydrogen (secondary N) is 1.